The van der Waals surface area contributed by atoms with Gasteiger partial charge in [0.05, 0.1) is 5.52 Å². The maximum atomic E-state index is 13.1. The zero-order valence-corrected chi connectivity index (χ0v) is 14.9. The molecule has 2 aromatic heterocycles. The Morgan fingerprint density at radius 3 is 2.68 bits per heavy atom. The average Bonchev–Trinajstić information content (AvgIpc) is 2.62. The molecule has 6 heteroatoms. The van der Waals surface area contributed by atoms with E-state index in [2.05, 4.69) is 6.92 Å². The Hall–Kier alpha value is -2.47. The topological polar surface area (TPSA) is 66.1 Å². The number of methoxy groups -OCH3 is 1. The van der Waals surface area contributed by atoms with Crippen LogP contribution < -0.4 is 11.0 Å². The van der Waals surface area contributed by atoms with Gasteiger partial charge in [-0.15, -0.1) is 0 Å². The van der Waals surface area contributed by atoms with Crippen molar-refractivity contribution in [3.63, 3.8) is 0 Å². The van der Waals surface area contributed by atoms with Gasteiger partial charge in [-0.05, 0) is 25.0 Å². The van der Waals surface area contributed by atoms with E-state index in [1.807, 2.05) is 29.8 Å². The van der Waals surface area contributed by atoms with Crippen molar-refractivity contribution in [1.82, 2.24) is 14.1 Å². The van der Waals surface area contributed by atoms with E-state index >= 15 is 0 Å². The normalized spacial score (nSPS) is 11.5. The van der Waals surface area contributed by atoms with Gasteiger partial charge in [-0.25, -0.2) is 4.98 Å². The van der Waals surface area contributed by atoms with Gasteiger partial charge in [-0.1, -0.05) is 19.1 Å². The van der Waals surface area contributed by atoms with E-state index in [0.717, 1.165) is 17.8 Å². The van der Waals surface area contributed by atoms with E-state index in [4.69, 9.17) is 9.72 Å². The van der Waals surface area contributed by atoms with Gasteiger partial charge in [0, 0.05) is 39.1 Å². The lowest BCUT2D eigenvalue weighted by Crippen LogP contribution is -2.31. The molecule has 0 N–H and O–H groups in total. The molecule has 3 aromatic rings. The second-order valence-electron chi connectivity index (χ2n) is 6.19. The third-order valence-corrected chi connectivity index (χ3v) is 4.49. The van der Waals surface area contributed by atoms with Crippen LogP contribution in [0.25, 0.3) is 21.9 Å². The minimum absolute atomic E-state index is 0.165. The third-order valence-electron chi connectivity index (χ3n) is 4.49. The van der Waals surface area contributed by atoms with Crippen LogP contribution >= 0.6 is 0 Å². The molecule has 0 fully saturated rings. The van der Waals surface area contributed by atoms with E-state index in [-0.39, 0.29) is 16.4 Å². The highest BCUT2D eigenvalue weighted by Gasteiger charge is 2.17. The first kappa shape index (κ1) is 17.4. The van der Waals surface area contributed by atoms with E-state index in [1.54, 1.807) is 17.7 Å². The Balaban J connectivity index is 2.37. The van der Waals surface area contributed by atoms with Crippen LogP contribution in [-0.2, 0) is 24.8 Å². The fourth-order valence-electron chi connectivity index (χ4n) is 3.25. The highest BCUT2D eigenvalue weighted by molar-refractivity contribution is 5.91. The standard InChI is InChI=1S/C19H23N3O3/c1-4-8-15-20-18-16(19(24)22(15)11-7-12-25-3)17(23)13-9-5-6-10-14(13)21(18)2/h5-6,9-10H,4,7-8,11-12H2,1-3H3. The van der Waals surface area contributed by atoms with Crippen LogP contribution in [0.4, 0.5) is 0 Å². The molecule has 2 heterocycles. The SMILES string of the molecule is CCCc1nc2c(c(=O)c3ccccc3n2C)c(=O)n1CCCOC. The van der Waals surface area contributed by atoms with Crippen molar-refractivity contribution in [2.45, 2.75) is 32.7 Å². The maximum Gasteiger partial charge on any atom is 0.266 e. The lowest BCUT2D eigenvalue weighted by Gasteiger charge is -2.15. The summed E-state index contributed by atoms with van der Waals surface area (Å²) in [5.74, 6) is 0.724. The summed E-state index contributed by atoms with van der Waals surface area (Å²) in [6, 6.07) is 7.32. The number of hydrogen-bond acceptors (Lipinski definition) is 4. The summed E-state index contributed by atoms with van der Waals surface area (Å²) in [6.07, 6.45) is 2.27. The fourth-order valence-corrected chi connectivity index (χ4v) is 3.25. The van der Waals surface area contributed by atoms with E-state index in [1.165, 1.54) is 0 Å². The molecule has 0 unspecified atom stereocenters. The van der Waals surface area contributed by atoms with Crippen molar-refractivity contribution in [3.05, 3.63) is 50.7 Å². The molecule has 25 heavy (non-hydrogen) atoms. The Kier molecular flexibility index (Phi) is 4.99. The Morgan fingerprint density at radius 2 is 1.96 bits per heavy atom. The number of nitrogens with zero attached hydrogens (tertiary/aromatic N) is 3. The monoisotopic (exact) mass is 341 g/mol. The maximum absolute atomic E-state index is 13.1. The van der Waals surface area contributed by atoms with Crippen LogP contribution in [0.1, 0.15) is 25.6 Å². The lowest BCUT2D eigenvalue weighted by atomic mass is 10.1. The molecule has 132 valence electrons. The smallest absolute Gasteiger partial charge is 0.266 e. The molecule has 0 aliphatic heterocycles. The number of aromatic nitrogens is 3. The van der Waals surface area contributed by atoms with E-state index in [9.17, 15) is 9.59 Å². The summed E-state index contributed by atoms with van der Waals surface area (Å²) in [7, 11) is 3.48. The van der Waals surface area contributed by atoms with Gasteiger partial charge >= 0.3 is 0 Å². The minimum atomic E-state index is -0.254. The highest BCUT2D eigenvalue weighted by atomic mass is 16.5. The predicted octanol–water partition coefficient (Wildman–Crippen LogP) is 2.24. The Bertz CT molecular complexity index is 1030. The van der Waals surface area contributed by atoms with Crippen molar-refractivity contribution in [3.8, 4) is 0 Å². The Labute approximate surface area is 145 Å². The van der Waals surface area contributed by atoms with Gasteiger partial charge in [-0.3, -0.25) is 14.2 Å². The van der Waals surface area contributed by atoms with Crippen LogP contribution in [0.5, 0.6) is 0 Å². The number of aryl methyl sites for hydroxylation is 2. The molecule has 0 saturated carbocycles. The van der Waals surface area contributed by atoms with Crippen molar-refractivity contribution in [2.75, 3.05) is 13.7 Å². The van der Waals surface area contributed by atoms with Crippen LogP contribution in [0.15, 0.2) is 33.9 Å². The summed E-state index contributed by atoms with van der Waals surface area (Å²) in [5, 5.41) is 0.710. The summed E-state index contributed by atoms with van der Waals surface area (Å²) < 4.78 is 8.57. The third kappa shape index (κ3) is 2.98. The largest absolute Gasteiger partial charge is 0.385 e. The zero-order valence-electron chi connectivity index (χ0n) is 14.9. The molecule has 0 amide bonds. The van der Waals surface area contributed by atoms with Crippen molar-refractivity contribution in [2.24, 2.45) is 7.05 Å². The van der Waals surface area contributed by atoms with Gasteiger partial charge in [0.15, 0.2) is 5.65 Å². The molecule has 1 aromatic carbocycles. The number of benzene rings is 1. The van der Waals surface area contributed by atoms with Crippen LogP contribution in [-0.4, -0.2) is 27.8 Å². The van der Waals surface area contributed by atoms with Gasteiger partial charge in [0.25, 0.3) is 5.56 Å². The quantitative estimate of drug-likeness (QED) is 0.509. The van der Waals surface area contributed by atoms with Crippen molar-refractivity contribution in [1.29, 1.82) is 0 Å². The molecule has 0 aliphatic carbocycles. The summed E-state index contributed by atoms with van der Waals surface area (Å²) in [6.45, 7) is 3.11. The van der Waals surface area contributed by atoms with Gasteiger partial charge in [-0.2, -0.15) is 0 Å². The molecular formula is C19H23N3O3. The molecule has 0 aliphatic rings. The van der Waals surface area contributed by atoms with E-state index in [0.29, 0.717) is 37.0 Å². The number of para-hydroxylation sites is 1. The van der Waals surface area contributed by atoms with Crippen molar-refractivity contribution < 1.29 is 4.74 Å². The number of hydrogen-bond donors (Lipinski definition) is 0. The number of pyridine rings is 1. The van der Waals surface area contributed by atoms with Gasteiger partial charge < -0.3 is 9.30 Å². The average molecular weight is 341 g/mol. The highest BCUT2D eigenvalue weighted by Crippen LogP contribution is 2.15. The van der Waals surface area contributed by atoms with Crippen molar-refractivity contribution >= 4 is 21.9 Å². The molecule has 0 bridgehead atoms. The molecule has 0 radical (unpaired) electrons. The van der Waals surface area contributed by atoms with Crippen LogP contribution in [0.3, 0.4) is 0 Å². The predicted molar refractivity (Wildman–Crippen MR) is 99.2 cm³/mol. The molecule has 0 spiro atoms. The van der Waals surface area contributed by atoms with Gasteiger partial charge in [0.1, 0.15) is 11.2 Å². The first-order valence-electron chi connectivity index (χ1n) is 8.60. The summed E-state index contributed by atoms with van der Waals surface area (Å²) in [4.78, 5) is 30.7. The minimum Gasteiger partial charge on any atom is -0.385 e. The molecule has 3 rings (SSSR count). The molecular weight excluding hydrogens is 318 g/mol. The first-order valence-corrected chi connectivity index (χ1v) is 8.60. The number of ether oxygens (including phenoxy) is 1. The van der Waals surface area contributed by atoms with Gasteiger partial charge in [0.2, 0.25) is 5.43 Å². The van der Waals surface area contributed by atoms with E-state index < -0.39 is 0 Å². The Morgan fingerprint density at radius 1 is 1.20 bits per heavy atom. The molecule has 0 atom stereocenters. The lowest BCUT2D eigenvalue weighted by molar-refractivity contribution is 0.189. The molecule has 0 saturated heterocycles. The molecule has 6 nitrogen and oxygen atoms in total. The second kappa shape index (κ2) is 7.19. The second-order valence-corrected chi connectivity index (χ2v) is 6.19. The van der Waals surface area contributed by atoms with Crippen LogP contribution in [0.2, 0.25) is 0 Å². The zero-order chi connectivity index (χ0) is 18.0. The summed E-state index contributed by atoms with van der Waals surface area (Å²) in [5.41, 5.74) is 0.743. The number of rotatable bonds is 6. The fraction of sp³-hybridized carbons (Fsp3) is 0.421. The van der Waals surface area contributed by atoms with Crippen LogP contribution in [0, 0.1) is 0 Å². The number of fused-ring (bicyclic) bond motifs is 2. The first-order chi connectivity index (χ1) is 12.1. The summed E-state index contributed by atoms with van der Waals surface area (Å²) >= 11 is 0.